The van der Waals surface area contributed by atoms with Gasteiger partial charge in [-0.1, -0.05) is 91.0 Å². The van der Waals surface area contributed by atoms with Crippen LogP contribution in [0.4, 0.5) is 5.69 Å². The van der Waals surface area contributed by atoms with Crippen LogP contribution in [0.25, 0.3) is 34.3 Å². The molecule has 0 saturated carbocycles. The SMILES string of the molecule is Cc1ccccc1NC(=O)C(C#N)=Cc1ccc(-n2nc(-c3ccccc3)cc2-c2ccccc2)cc1. The lowest BCUT2D eigenvalue weighted by Gasteiger charge is -2.09. The number of aromatic nitrogens is 2. The number of carbonyl (C=O) groups excluding carboxylic acids is 1. The molecule has 178 valence electrons. The van der Waals surface area contributed by atoms with Crippen molar-refractivity contribution < 1.29 is 4.79 Å². The van der Waals surface area contributed by atoms with Crippen LogP contribution in [-0.2, 0) is 4.79 Å². The largest absolute Gasteiger partial charge is 0.321 e. The zero-order valence-corrected chi connectivity index (χ0v) is 20.3. The first kappa shape index (κ1) is 23.5. The molecular weight excluding hydrogens is 456 g/mol. The summed E-state index contributed by atoms with van der Waals surface area (Å²) in [6.45, 7) is 1.91. The van der Waals surface area contributed by atoms with E-state index in [4.69, 9.17) is 5.10 Å². The Labute approximate surface area is 216 Å². The number of hydrogen-bond donors (Lipinski definition) is 1. The van der Waals surface area contributed by atoms with E-state index >= 15 is 0 Å². The molecular formula is C32H24N4O. The molecule has 0 aliphatic rings. The standard InChI is InChI=1S/C32H24N4O/c1-23-10-8-9-15-29(23)34-32(37)27(22-33)20-24-16-18-28(19-17-24)36-31(26-13-6-3-7-14-26)21-30(35-36)25-11-4-2-5-12-25/h2-21H,1H3,(H,34,37). The minimum atomic E-state index is -0.438. The highest BCUT2D eigenvalue weighted by Crippen LogP contribution is 2.29. The fraction of sp³-hybridized carbons (Fsp3) is 0.0312. The van der Waals surface area contributed by atoms with Gasteiger partial charge in [0, 0.05) is 16.8 Å². The fourth-order valence-electron chi connectivity index (χ4n) is 4.07. The molecule has 5 rings (SSSR count). The third-order valence-electron chi connectivity index (χ3n) is 6.06. The highest BCUT2D eigenvalue weighted by atomic mass is 16.1. The first-order chi connectivity index (χ1) is 18.1. The van der Waals surface area contributed by atoms with E-state index in [2.05, 4.69) is 23.5 Å². The van der Waals surface area contributed by atoms with Gasteiger partial charge in [0.1, 0.15) is 11.6 Å². The summed E-state index contributed by atoms with van der Waals surface area (Å²) in [6.07, 6.45) is 1.59. The molecule has 0 aliphatic heterocycles. The van der Waals surface area contributed by atoms with Crippen molar-refractivity contribution >= 4 is 17.7 Å². The van der Waals surface area contributed by atoms with Crippen molar-refractivity contribution in [2.24, 2.45) is 0 Å². The van der Waals surface area contributed by atoms with Crippen LogP contribution < -0.4 is 5.32 Å². The summed E-state index contributed by atoms with van der Waals surface area (Å²) in [5.41, 5.74) is 7.22. The number of nitrogens with zero attached hydrogens (tertiary/aromatic N) is 3. The highest BCUT2D eigenvalue weighted by Gasteiger charge is 2.14. The Bertz CT molecular complexity index is 1610. The molecule has 5 heteroatoms. The van der Waals surface area contributed by atoms with Gasteiger partial charge in [-0.3, -0.25) is 4.79 Å². The van der Waals surface area contributed by atoms with E-state index in [0.29, 0.717) is 5.69 Å². The second-order valence-electron chi connectivity index (χ2n) is 8.59. The summed E-state index contributed by atoms with van der Waals surface area (Å²) in [5.74, 6) is -0.438. The smallest absolute Gasteiger partial charge is 0.266 e. The molecule has 0 aliphatic carbocycles. The van der Waals surface area contributed by atoms with Gasteiger partial charge in [0.15, 0.2) is 0 Å². The number of para-hydroxylation sites is 1. The number of benzene rings is 4. The van der Waals surface area contributed by atoms with E-state index in [9.17, 15) is 10.1 Å². The van der Waals surface area contributed by atoms with E-state index < -0.39 is 5.91 Å². The summed E-state index contributed by atoms with van der Waals surface area (Å²) < 4.78 is 1.92. The van der Waals surface area contributed by atoms with Crippen LogP contribution in [-0.4, -0.2) is 15.7 Å². The fourth-order valence-corrected chi connectivity index (χ4v) is 4.07. The van der Waals surface area contributed by atoms with Crippen molar-refractivity contribution in [3.63, 3.8) is 0 Å². The lowest BCUT2D eigenvalue weighted by Crippen LogP contribution is -2.14. The van der Waals surface area contributed by atoms with Crippen LogP contribution in [0.1, 0.15) is 11.1 Å². The summed E-state index contributed by atoms with van der Waals surface area (Å²) in [5, 5.41) is 17.3. The van der Waals surface area contributed by atoms with Crippen molar-refractivity contribution in [2.75, 3.05) is 5.32 Å². The summed E-state index contributed by atoms with van der Waals surface area (Å²) in [4.78, 5) is 12.7. The lowest BCUT2D eigenvalue weighted by atomic mass is 10.1. The van der Waals surface area contributed by atoms with Crippen molar-refractivity contribution in [3.05, 3.63) is 132 Å². The number of nitrogens with one attached hydrogen (secondary N) is 1. The van der Waals surface area contributed by atoms with Crippen molar-refractivity contribution in [3.8, 4) is 34.3 Å². The predicted octanol–water partition coefficient (Wildman–Crippen LogP) is 7.06. The Morgan fingerprint density at radius 1 is 0.838 bits per heavy atom. The van der Waals surface area contributed by atoms with Crippen LogP contribution in [0.15, 0.2) is 121 Å². The van der Waals surface area contributed by atoms with E-state index in [-0.39, 0.29) is 5.57 Å². The molecule has 0 fully saturated rings. The van der Waals surface area contributed by atoms with Gasteiger partial charge < -0.3 is 5.32 Å². The minimum Gasteiger partial charge on any atom is -0.321 e. The van der Waals surface area contributed by atoms with Crippen LogP contribution in [0.5, 0.6) is 0 Å². The quantitative estimate of drug-likeness (QED) is 0.209. The molecule has 0 unspecified atom stereocenters. The van der Waals surface area contributed by atoms with Gasteiger partial charge in [0.25, 0.3) is 5.91 Å². The number of aryl methyl sites for hydroxylation is 1. The summed E-state index contributed by atoms with van der Waals surface area (Å²) in [7, 11) is 0. The Morgan fingerprint density at radius 3 is 2.11 bits per heavy atom. The molecule has 1 heterocycles. The Kier molecular flexibility index (Phi) is 6.74. The molecule has 0 spiro atoms. The third kappa shape index (κ3) is 5.24. The van der Waals surface area contributed by atoms with E-state index in [1.165, 1.54) is 0 Å². The monoisotopic (exact) mass is 480 g/mol. The molecule has 5 nitrogen and oxygen atoms in total. The molecule has 5 aromatic rings. The zero-order valence-electron chi connectivity index (χ0n) is 20.3. The van der Waals surface area contributed by atoms with E-state index in [1.807, 2.05) is 115 Å². The summed E-state index contributed by atoms with van der Waals surface area (Å²) >= 11 is 0. The Morgan fingerprint density at radius 2 is 1.46 bits per heavy atom. The number of amides is 1. The second-order valence-corrected chi connectivity index (χ2v) is 8.59. The molecule has 0 saturated heterocycles. The van der Waals surface area contributed by atoms with Crippen LogP contribution in [0.3, 0.4) is 0 Å². The average molecular weight is 481 g/mol. The van der Waals surface area contributed by atoms with Gasteiger partial charge in [0.2, 0.25) is 0 Å². The Balaban J connectivity index is 1.46. The first-order valence-electron chi connectivity index (χ1n) is 11.9. The van der Waals surface area contributed by atoms with E-state index in [1.54, 1.807) is 6.08 Å². The molecule has 0 bridgehead atoms. The van der Waals surface area contributed by atoms with Crippen LogP contribution >= 0.6 is 0 Å². The molecule has 1 aromatic heterocycles. The average Bonchev–Trinajstić information content (AvgIpc) is 3.40. The van der Waals surface area contributed by atoms with Gasteiger partial charge >= 0.3 is 0 Å². The third-order valence-corrected chi connectivity index (χ3v) is 6.06. The first-order valence-corrected chi connectivity index (χ1v) is 11.9. The van der Waals surface area contributed by atoms with Crippen LogP contribution in [0.2, 0.25) is 0 Å². The number of hydrogen-bond acceptors (Lipinski definition) is 3. The van der Waals surface area contributed by atoms with Crippen molar-refractivity contribution in [1.29, 1.82) is 5.26 Å². The van der Waals surface area contributed by atoms with E-state index in [0.717, 1.165) is 39.3 Å². The second kappa shape index (κ2) is 10.6. The maximum Gasteiger partial charge on any atom is 0.266 e. The lowest BCUT2D eigenvalue weighted by molar-refractivity contribution is -0.112. The minimum absolute atomic E-state index is 0.0337. The molecule has 1 N–H and O–H groups in total. The van der Waals surface area contributed by atoms with Gasteiger partial charge in [0.05, 0.1) is 17.1 Å². The van der Waals surface area contributed by atoms with Gasteiger partial charge in [-0.25, -0.2) is 4.68 Å². The van der Waals surface area contributed by atoms with Gasteiger partial charge in [-0.2, -0.15) is 10.4 Å². The number of rotatable bonds is 6. The number of carbonyl (C=O) groups is 1. The molecule has 0 atom stereocenters. The highest BCUT2D eigenvalue weighted by molar-refractivity contribution is 6.10. The van der Waals surface area contributed by atoms with Gasteiger partial charge in [-0.05, 0) is 48.4 Å². The number of anilines is 1. The molecule has 4 aromatic carbocycles. The van der Waals surface area contributed by atoms with Gasteiger partial charge in [-0.15, -0.1) is 0 Å². The number of nitriles is 1. The Hall–Kier alpha value is -5.21. The normalized spacial score (nSPS) is 11.1. The predicted molar refractivity (Wildman–Crippen MR) is 148 cm³/mol. The topological polar surface area (TPSA) is 70.7 Å². The maximum atomic E-state index is 12.7. The zero-order chi connectivity index (χ0) is 25.6. The van der Waals surface area contributed by atoms with Crippen molar-refractivity contribution in [2.45, 2.75) is 6.92 Å². The summed E-state index contributed by atoms with van der Waals surface area (Å²) in [6, 6.07) is 39.4. The molecule has 37 heavy (non-hydrogen) atoms. The molecule has 0 radical (unpaired) electrons. The molecule has 1 amide bonds. The van der Waals surface area contributed by atoms with Crippen LogP contribution in [0, 0.1) is 18.3 Å². The maximum absolute atomic E-state index is 12.7. The van der Waals surface area contributed by atoms with Crippen molar-refractivity contribution in [1.82, 2.24) is 9.78 Å².